The number of imidazole rings is 1. The Hall–Kier alpha value is -4.33. The largest absolute Gasteiger partial charge is 0.447 e. The van der Waals surface area contributed by atoms with Crippen LogP contribution in [0.5, 0.6) is 0 Å². The summed E-state index contributed by atoms with van der Waals surface area (Å²) in [4.78, 5) is 31.2. The van der Waals surface area contributed by atoms with E-state index < -0.39 is 6.04 Å². The molecule has 1 fully saturated rings. The second-order valence-electron chi connectivity index (χ2n) is 7.78. The van der Waals surface area contributed by atoms with Gasteiger partial charge in [-0.25, -0.2) is 14.6 Å². The fourth-order valence-corrected chi connectivity index (χ4v) is 4.04. The molecule has 166 valence electrons. The van der Waals surface area contributed by atoms with Crippen LogP contribution in [0.15, 0.2) is 78.9 Å². The number of aryl methyl sites for hydroxylation is 1. The first kappa shape index (κ1) is 20.6. The number of carbonyl (C=O) groups excluding carboxylic acids is 2. The average molecular weight is 441 g/mol. The second-order valence-corrected chi connectivity index (χ2v) is 7.78. The minimum absolute atomic E-state index is 0.355. The maximum absolute atomic E-state index is 13.0. The molecule has 0 radical (unpaired) electrons. The van der Waals surface area contributed by atoms with Gasteiger partial charge in [-0.2, -0.15) is 0 Å². The molecule has 8 nitrogen and oxygen atoms in total. The van der Waals surface area contributed by atoms with Crippen LogP contribution in [0.1, 0.15) is 17.4 Å². The lowest BCUT2D eigenvalue weighted by Crippen LogP contribution is -2.34. The first-order valence-corrected chi connectivity index (χ1v) is 10.7. The highest BCUT2D eigenvalue weighted by atomic mass is 16.6. The number of aromatic nitrogens is 2. The normalized spacial score (nSPS) is 14.2. The molecule has 0 aliphatic carbocycles. The summed E-state index contributed by atoms with van der Waals surface area (Å²) in [5.74, 6) is 0.728. The first-order chi connectivity index (χ1) is 16.1. The Balaban J connectivity index is 1.41. The van der Waals surface area contributed by atoms with Gasteiger partial charge in [-0.3, -0.25) is 4.90 Å². The molecule has 0 spiro atoms. The molecule has 1 atom stereocenters. The average Bonchev–Trinajstić information content (AvgIpc) is 3.41. The highest BCUT2D eigenvalue weighted by Gasteiger charge is 2.25. The van der Waals surface area contributed by atoms with Gasteiger partial charge in [-0.1, -0.05) is 48.5 Å². The van der Waals surface area contributed by atoms with Gasteiger partial charge >= 0.3 is 12.1 Å². The third-order valence-electron chi connectivity index (χ3n) is 5.66. The maximum atomic E-state index is 13.0. The predicted octanol–water partition coefficient (Wildman–Crippen LogP) is 4.44. The summed E-state index contributed by atoms with van der Waals surface area (Å²) < 4.78 is 7.00. The molecule has 2 N–H and O–H groups in total. The fraction of sp³-hybridized carbons (Fsp3) is 0.160. The molecule has 1 aromatic heterocycles. The van der Waals surface area contributed by atoms with Gasteiger partial charge in [0.1, 0.15) is 18.5 Å². The number of fused-ring (bicyclic) bond motifs is 1. The summed E-state index contributed by atoms with van der Waals surface area (Å²) in [6.07, 6.45) is -0.386. The number of ether oxygens (including phenoxy) is 1. The summed E-state index contributed by atoms with van der Waals surface area (Å²) in [6.45, 7) is 0.838. The number of carbonyl (C=O) groups is 2. The van der Waals surface area contributed by atoms with Crippen LogP contribution in [0.25, 0.3) is 11.0 Å². The van der Waals surface area contributed by atoms with Crippen LogP contribution in [0.3, 0.4) is 0 Å². The quantitative estimate of drug-likeness (QED) is 0.479. The molecule has 8 heteroatoms. The van der Waals surface area contributed by atoms with Gasteiger partial charge in [0.05, 0.1) is 17.6 Å². The lowest BCUT2D eigenvalue weighted by atomic mass is 10.1. The Kier molecular flexibility index (Phi) is 5.40. The van der Waals surface area contributed by atoms with Crippen LogP contribution in [-0.4, -0.2) is 34.8 Å². The lowest BCUT2D eigenvalue weighted by Gasteiger charge is -2.20. The maximum Gasteiger partial charge on any atom is 0.414 e. The number of hydrogen-bond donors (Lipinski definition) is 2. The van der Waals surface area contributed by atoms with Crippen molar-refractivity contribution in [3.63, 3.8) is 0 Å². The summed E-state index contributed by atoms with van der Waals surface area (Å²) in [7, 11) is 1.94. The fourth-order valence-electron chi connectivity index (χ4n) is 4.04. The molecule has 33 heavy (non-hydrogen) atoms. The zero-order valence-corrected chi connectivity index (χ0v) is 18.1. The van der Waals surface area contributed by atoms with Crippen LogP contribution in [0.2, 0.25) is 0 Å². The molecule has 3 aromatic carbocycles. The third-order valence-corrected chi connectivity index (χ3v) is 5.66. The highest BCUT2D eigenvalue weighted by molar-refractivity contribution is 5.93. The second kappa shape index (κ2) is 8.66. The molecular weight excluding hydrogens is 418 g/mol. The van der Waals surface area contributed by atoms with Crippen LogP contribution < -0.4 is 15.5 Å². The Morgan fingerprint density at radius 3 is 2.58 bits per heavy atom. The zero-order chi connectivity index (χ0) is 22.8. The number of rotatable bonds is 5. The van der Waals surface area contributed by atoms with Crippen molar-refractivity contribution in [2.24, 2.45) is 7.05 Å². The summed E-state index contributed by atoms with van der Waals surface area (Å²) in [5, 5.41) is 5.94. The number of urea groups is 1. The topological polar surface area (TPSA) is 88.5 Å². The van der Waals surface area contributed by atoms with Crippen molar-refractivity contribution in [3.05, 3.63) is 90.3 Å². The monoisotopic (exact) mass is 441 g/mol. The van der Waals surface area contributed by atoms with Crippen molar-refractivity contribution in [1.29, 1.82) is 0 Å². The van der Waals surface area contributed by atoms with Gasteiger partial charge in [0.15, 0.2) is 0 Å². The number of anilines is 2. The van der Waals surface area contributed by atoms with E-state index in [-0.39, 0.29) is 12.1 Å². The Morgan fingerprint density at radius 2 is 1.82 bits per heavy atom. The van der Waals surface area contributed by atoms with Crippen molar-refractivity contribution in [1.82, 2.24) is 14.9 Å². The number of amides is 3. The van der Waals surface area contributed by atoms with Gasteiger partial charge in [0, 0.05) is 18.4 Å². The van der Waals surface area contributed by atoms with E-state index >= 15 is 0 Å². The van der Waals surface area contributed by atoms with Gasteiger partial charge in [-0.05, 0) is 35.9 Å². The molecule has 0 saturated carbocycles. The van der Waals surface area contributed by atoms with E-state index in [9.17, 15) is 9.59 Å². The van der Waals surface area contributed by atoms with Crippen LogP contribution in [0, 0.1) is 0 Å². The Labute approximate surface area is 190 Å². The molecule has 1 aliphatic heterocycles. The van der Waals surface area contributed by atoms with E-state index in [0.29, 0.717) is 24.5 Å². The SMILES string of the molecule is Cn1c(C(NC(=O)Nc2cccc(N3CCOC3=O)c2)c2ccccc2)nc2ccccc21. The molecule has 1 aliphatic rings. The van der Waals surface area contributed by atoms with Crippen molar-refractivity contribution in [2.45, 2.75) is 6.04 Å². The third kappa shape index (κ3) is 4.10. The summed E-state index contributed by atoms with van der Waals surface area (Å²) >= 11 is 0. The van der Waals surface area contributed by atoms with E-state index in [0.717, 1.165) is 22.4 Å². The van der Waals surface area contributed by atoms with E-state index in [1.54, 1.807) is 18.2 Å². The number of para-hydroxylation sites is 2. The van der Waals surface area contributed by atoms with Gasteiger partial charge < -0.3 is 19.9 Å². The van der Waals surface area contributed by atoms with Crippen molar-refractivity contribution in [3.8, 4) is 0 Å². The van der Waals surface area contributed by atoms with Crippen LogP contribution in [-0.2, 0) is 11.8 Å². The van der Waals surface area contributed by atoms with E-state index in [1.807, 2.05) is 72.3 Å². The Morgan fingerprint density at radius 1 is 1.03 bits per heavy atom. The summed E-state index contributed by atoms with van der Waals surface area (Å²) in [6, 6.07) is 23.9. The summed E-state index contributed by atoms with van der Waals surface area (Å²) in [5.41, 5.74) is 4.01. The lowest BCUT2D eigenvalue weighted by molar-refractivity contribution is 0.181. The van der Waals surface area contributed by atoms with E-state index in [4.69, 9.17) is 9.72 Å². The van der Waals surface area contributed by atoms with Gasteiger partial charge in [0.25, 0.3) is 0 Å². The number of nitrogens with one attached hydrogen (secondary N) is 2. The molecule has 1 saturated heterocycles. The standard InChI is InChI=1S/C25H23N5O3/c1-29-21-13-6-5-12-20(21)27-23(29)22(17-8-3-2-4-9-17)28-24(31)26-18-10-7-11-19(16-18)30-14-15-33-25(30)32/h2-13,16,22H,14-15H2,1H3,(H2,26,28,31). The van der Waals surface area contributed by atoms with Crippen LogP contribution >= 0.6 is 0 Å². The van der Waals surface area contributed by atoms with Crippen molar-refractivity contribution >= 4 is 34.5 Å². The van der Waals surface area contributed by atoms with Crippen molar-refractivity contribution in [2.75, 3.05) is 23.4 Å². The molecule has 5 rings (SSSR count). The minimum Gasteiger partial charge on any atom is -0.447 e. The molecule has 4 aromatic rings. The van der Waals surface area contributed by atoms with Gasteiger partial charge in [-0.15, -0.1) is 0 Å². The number of hydrogen-bond acceptors (Lipinski definition) is 4. The molecular formula is C25H23N5O3. The Bertz CT molecular complexity index is 1320. The van der Waals surface area contributed by atoms with E-state index in [2.05, 4.69) is 10.6 Å². The number of nitrogens with zero attached hydrogens (tertiary/aromatic N) is 3. The molecule has 1 unspecified atom stereocenters. The van der Waals surface area contributed by atoms with Crippen LogP contribution in [0.4, 0.5) is 21.0 Å². The molecule has 0 bridgehead atoms. The number of cyclic esters (lactones) is 1. The molecule has 3 amide bonds. The predicted molar refractivity (Wildman–Crippen MR) is 126 cm³/mol. The smallest absolute Gasteiger partial charge is 0.414 e. The van der Waals surface area contributed by atoms with Gasteiger partial charge in [0.2, 0.25) is 0 Å². The molecule has 2 heterocycles. The highest BCUT2D eigenvalue weighted by Crippen LogP contribution is 2.26. The van der Waals surface area contributed by atoms with Crippen molar-refractivity contribution < 1.29 is 14.3 Å². The number of benzene rings is 3. The minimum atomic E-state index is -0.458. The first-order valence-electron chi connectivity index (χ1n) is 10.7. The van der Waals surface area contributed by atoms with E-state index in [1.165, 1.54) is 4.90 Å². The zero-order valence-electron chi connectivity index (χ0n) is 18.1.